The van der Waals surface area contributed by atoms with Gasteiger partial charge in [-0.3, -0.25) is 4.79 Å². The van der Waals surface area contributed by atoms with Crippen molar-refractivity contribution < 1.29 is 9.53 Å². The predicted molar refractivity (Wildman–Crippen MR) is 66.8 cm³/mol. The Morgan fingerprint density at radius 2 is 2.00 bits per heavy atom. The second-order valence-corrected chi connectivity index (χ2v) is 5.31. The van der Waals surface area contributed by atoms with E-state index >= 15 is 0 Å². The zero-order valence-corrected chi connectivity index (χ0v) is 10.8. The van der Waals surface area contributed by atoms with Crippen LogP contribution in [0.25, 0.3) is 0 Å². The Labute approximate surface area is 104 Å². The Hall–Kier alpha value is -0.610. The number of nitrogens with zero attached hydrogens (tertiary/aromatic N) is 1. The van der Waals surface area contributed by atoms with Crippen LogP contribution in [-0.4, -0.2) is 50.2 Å². The summed E-state index contributed by atoms with van der Waals surface area (Å²) in [5, 5.41) is 3.38. The van der Waals surface area contributed by atoms with Gasteiger partial charge in [-0.15, -0.1) is 0 Å². The Kier molecular flexibility index (Phi) is 4.80. The lowest BCUT2D eigenvalue weighted by atomic mass is 10.00. The molecular formula is C13H24N2O2. The van der Waals surface area contributed by atoms with Gasteiger partial charge in [0.1, 0.15) is 0 Å². The van der Waals surface area contributed by atoms with Crippen molar-refractivity contribution in [2.75, 3.05) is 33.4 Å². The van der Waals surface area contributed by atoms with E-state index in [1.165, 1.54) is 12.8 Å². The number of carbonyl (C=O) groups is 1. The first-order valence-corrected chi connectivity index (χ1v) is 6.81. The van der Waals surface area contributed by atoms with Gasteiger partial charge >= 0.3 is 0 Å². The predicted octanol–water partition coefficient (Wildman–Crippen LogP) is 1.01. The third kappa shape index (κ3) is 4.64. The molecular weight excluding hydrogens is 216 g/mol. The van der Waals surface area contributed by atoms with Crippen LogP contribution < -0.4 is 5.32 Å². The molecule has 1 saturated heterocycles. The Balaban J connectivity index is 1.59. The highest BCUT2D eigenvalue weighted by Crippen LogP contribution is 2.18. The molecule has 1 amide bonds. The molecule has 1 aliphatic carbocycles. The van der Waals surface area contributed by atoms with Crippen molar-refractivity contribution in [3.05, 3.63) is 0 Å². The van der Waals surface area contributed by atoms with Gasteiger partial charge in [0.25, 0.3) is 0 Å². The van der Waals surface area contributed by atoms with Gasteiger partial charge in [-0.1, -0.05) is 0 Å². The minimum atomic E-state index is 0.268. The summed E-state index contributed by atoms with van der Waals surface area (Å²) in [6.45, 7) is 3.44. The second-order valence-electron chi connectivity index (χ2n) is 5.31. The topological polar surface area (TPSA) is 41.6 Å². The van der Waals surface area contributed by atoms with Gasteiger partial charge in [-0.05, 0) is 31.6 Å². The summed E-state index contributed by atoms with van der Waals surface area (Å²) in [5.74, 6) is 0.902. The normalized spacial score (nSPS) is 21.5. The van der Waals surface area contributed by atoms with E-state index in [9.17, 15) is 4.79 Å². The maximum Gasteiger partial charge on any atom is 0.223 e. The van der Waals surface area contributed by atoms with Crippen LogP contribution in [0.1, 0.15) is 32.1 Å². The molecule has 0 aromatic rings. The lowest BCUT2D eigenvalue weighted by Gasteiger charge is -2.27. The number of hydrogen-bond acceptors (Lipinski definition) is 3. The van der Waals surface area contributed by atoms with Gasteiger partial charge in [0.15, 0.2) is 0 Å². The molecule has 0 bridgehead atoms. The van der Waals surface area contributed by atoms with E-state index in [1.807, 2.05) is 11.9 Å². The highest BCUT2D eigenvalue weighted by Gasteiger charge is 2.21. The molecule has 0 spiro atoms. The summed E-state index contributed by atoms with van der Waals surface area (Å²) >= 11 is 0. The SMILES string of the molecule is CN(CC1CCOCC1)C(=O)CCNC1CC1. The van der Waals surface area contributed by atoms with Crippen molar-refractivity contribution in [3.63, 3.8) is 0 Å². The first-order chi connectivity index (χ1) is 8.25. The molecule has 17 heavy (non-hydrogen) atoms. The van der Waals surface area contributed by atoms with Gasteiger partial charge in [0.2, 0.25) is 5.91 Å². The van der Waals surface area contributed by atoms with Crippen molar-refractivity contribution in [3.8, 4) is 0 Å². The molecule has 2 aliphatic rings. The summed E-state index contributed by atoms with van der Waals surface area (Å²) in [7, 11) is 1.93. The minimum Gasteiger partial charge on any atom is -0.381 e. The second kappa shape index (κ2) is 6.36. The van der Waals surface area contributed by atoms with Crippen LogP contribution in [0.5, 0.6) is 0 Å². The largest absolute Gasteiger partial charge is 0.381 e. The number of amides is 1. The molecule has 98 valence electrons. The van der Waals surface area contributed by atoms with Gasteiger partial charge in [0, 0.05) is 45.8 Å². The van der Waals surface area contributed by atoms with Crippen molar-refractivity contribution >= 4 is 5.91 Å². The molecule has 2 rings (SSSR count). The number of rotatable bonds is 6. The first-order valence-electron chi connectivity index (χ1n) is 6.81. The fourth-order valence-electron chi connectivity index (χ4n) is 2.28. The molecule has 4 nitrogen and oxygen atoms in total. The number of hydrogen-bond donors (Lipinski definition) is 1. The summed E-state index contributed by atoms with van der Waals surface area (Å²) in [4.78, 5) is 13.8. The highest BCUT2D eigenvalue weighted by atomic mass is 16.5. The molecule has 0 aromatic heterocycles. The zero-order chi connectivity index (χ0) is 12.1. The Bertz CT molecular complexity index is 248. The monoisotopic (exact) mass is 240 g/mol. The molecule has 1 heterocycles. The van der Waals surface area contributed by atoms with Crippen LogP contribution in [0, 0.1) is 5.92 Å². The molecule has 0 unspecified atom stereocenters. The quantitative estimate of drug-likeness (QED) is 0.753. The molecule has 2 fully saturated rings. The van der Waals surface area contributed by atoms with Crippen molar-refractivity contribution in [1.82, 2.24) is 10.2 Å². The van der Waals surface area contributed by atoms with Crippen molar-refractivity contribution in [2.45, 2.75) is 38.1 Å². The zero-order valence-electron chi connectivity index (χ0n) is 10.8. The van der Waals surface area contributed by atoms with E-state index < -0.39 is 0 Å². The molecule has 0 atom stereocenters. The molecule has 1 N–H and O–H groups in total. The lowest BCUT2D eigenvalue weighted by Crippen LogP contribution is -2.35. The van der Waals surface area contributed by atoms with Gasteiger partial charge in [0.05, 0.1) is 0 Å². The average Bonchev–Trinajstić information content (AvgIpc) is 3.14. The smallest absolute Gasteiger partial charge is 0.223 e. The molecule has 0 aromatic carbocycles. The Morgan fingerprint density at radius 1 is 1.29 bits per heavy atom. The molecule has 0 radical (unpaired) electrons. The van der Waals surface area contributed by atoms with E-state index in [-0.39, 0.29) is 5.91 Å². The third-order valence-electron chi connectivity index (χ3n) is 3.65. The lowest BCUT2D eigenvalue weighted by molar-refractivity contribution is -0.130. The Morgan fingerprint density at radius 3 is 2.65 bits per heavy atom. The third-order valence-corrected chi connectivity index (χ3v) is 3.65. The molecule has 4 heteroatoms. The molecule has 1 aliphatic heterocycles. The van der Waals surface area contributed by atoms with Crippen LogP contribution in [0.4, 0.5) is 0 Å². The average molecular weight is 240 g/mol. The maximum absolute atomic E-state index is 11.9. The van der Waals surface area contributed by atoms with E-state index in [4.69, 9.17) is 4.74 Å². The number of ether oxygens (including phenoxy) is 1. The van der Waals surface area contributed by atoms with Crippen molar-refractivity contribution in [2.24, 2.45) is 5.92 Å². The first kappa shape index (κ1) is 12.8. The van der Waals surface area contributed by atoms with Gasteiger partial charge in [-0.2, -0.15) is 0 Å². The van der Waals surface area contributed by atoms with Gasteiger partial charge in [-0.25, -0.2) is 0 Å². The van der Waals surface area contributed by atoms with Crippen molar-refractivity contribution in [1.29, 1.82) is 0 Å². The summed E-state index contributed by atoms with van der Waals surface area (Å²) in [6, 6.07) is 0.698. The van der Waals surface area contributed by atoms with Crippen LogP contribution in [0.3, 0.4) is 0 Å². The fraction of sp³-hybridized carbons (Fsp3) is 0.923. The van der Waals surface area contributed by atoms with E-state index in [0.29, 0.717) is 18.4 Å². The van der Waals surface area contributed by atoms with E-state index in [1.54, 1.807) is 0 Å². The van der Waals surface area contributed by atoms with Crippen LogP contribution in [0.2, 0.25) is 0 Å². The van der Waals surface area contributed by atoms with E-state index in [2.05, 4.69) is 5.32 Å². The summed E-state index contributed by atoms with van der Waals surface area (Å²) in [5.41, 5.74) is 0. The number of nitrogens with one attached hydrogen (secondary N) is 1. The summed E-state index contributed by atoms with van der Waals surface area (Å²) in [6.07, 6.45) is 5.39. The standard InChI is InChI=1S/C13H24N2O2/c1-15(10-11-5-8-17-9-6-11)13(16)4-7-14-12-2-3-12/h11-12,14H,2-10H2,1H3. The van der Waals surface area contributed by atoms with E-state index in [0.717, 1.165) is 39.1 Å². The number of carbonyl (C=O) groups excluding carboxylic acids is 1. The van der Waals surface area contributed by atoms with Crippen LogP contribution in [-0.2, 0) is 9.53 Å². The van der Waals surface area contributed by atoms with Crippen LogP contribution in [0.15, 0.2) is 0 Å². The minimum absolute atomic E-state index is 0.268. The van der Waals surface area contributed by atoms with Crippen LogP contribution >= 0.6 is 0 Å². The molecule has 1 saturated carbocycles. The summed E-state index contributed by atoms with van der Waals surface area (Å²) < 4.78 is 5.33. The van der Waals surface area contributed by atoms with Gasteiger partial charge < -0.3 is 15.0 Å². The maximum atomic E-state index is 11.9. The fourth-order valence-corrected chi connectivity index (χ4v) is 2.28. The highest BCUT2D eigenvalue weighted by molar-refractivity contribution is 5.76.